The molecular weight excluding hydrogens is 414 g/mol. The van der Waals surface area contributed by atoms with Crippen molar-refractivity contribution in [1.82, 2.24) is 14.4 Å². The van der Waals surface area contributed by atoms with Crippen LogP contribution in [-0.2, 0) is 4.79 Å². The number of nitrogens with zero attached hydrogens (tertiary/aromatic N) is 3. The summed E-state index contributed by atoms with van der Waals surface area (Å²) in [5.41, 5.74) is 0.819. The first kappa shape index (κ1) is 19.5. The van der Waals surface area contributed by atoms with Gasteiger partial charge in [0.05, 0.1) is 10.2 Å². The van der Waals surface area contributed by atoms with E-state index in [2.05, 4.69) is 39.4 Å². The molecule has 1 aromatic carbocycles. The number of benzene rings is 1. The number of hydrogen-bond donors (Lipinski definition) is 0. The molecule has 3 rings (SSSR count). The fraction of sp³-hybridized carbons (Fsp3) is 0.474. The first-order valence-electron chi connectivity index (χ1n) is 8.83. The van der Waals surface area contributed by atoms with Gasteiger partial charge in [0, 0.05) is 30.7 Å². The van der Waals surface area contributed by atoms with Crippen LogP contribution in [0.4, 0.5) is 0 Å². The van der Waals surface area contributed by atoms with Gasteiger partial charge >= 0.3 is 4.87 Å². The van der Waals surface area contributed by atoms with E-state index in [9.17, 15) is 9.59 Å². The van der Waals surface area contributed by atoms with Crippen molar-refractivity contribution in [3.8, 4) is 0 Å². The van der Waals surface area contributed by atoms with Crippen molar-refractivity contribution < 1.29 is 4.79 Å². The topological polar surface area (TPSA) is 45.5 Å². The van der Waals surface area contributed by atoms with E-state index in [4.69, 9.17) is 0 Å². The predicted molar refractivity (Wildman–Crippen MR) is 111 cm³/mol. The van der Waals surface area contributed by atoms with Gasteiger partial charge in [-0.1, -0.05) is 33.3 Å². The van der Waals surface area contributed by atoms with Crippen molar-refractivity contribution in [3.63, 3.8) is 0 Å². The fourth-order valence-corrected chi connectivity index (χ4v) is 4.94. The molecule has 5 nitrogen and oxygen atoms in total. The zero-order valence-corrected chi connectivity index (χ0v) is 17.3. The van der Waals surface area contributed by atoms with Crippen LogP contribution in [0.5, 0.6) is 0 Å². The lowest BCUT2D eigenvalue weighted by atomic mass is 9.96. The minimum atomic E-state index is -0.530. The number of likely N-dealkylation sites (tertiary alicyclic amines) is 1. The second-order valence-corrected chi connectivity index (χ2v) is 8.80. The summed E-state index contributed by atoms with van der Waals surface area (Å²) in [5, 5.41) is 0. The Labute approximate surface area is 166 Å². The molecule has 1 fully saturated rings. The van der Waals surface area contributed by atoms with Crippen LogP contribution in [0, 0.1) is 5.92 Å². The van der Waals surface area contributed by atoms with E-state index in [0.717, 1.165) is 60.0 Å². The SMILES string of the molecule is C=CCN(C)CC1CCN(C(C=O)n2c(=O)sc3ccc(Br)cc32)CC1. The van der Waals surface area contributed by atoms with Gasteiger partial charge in [-0.05, 0) is 44.0 Å². The lowest BCUT2D eigenvalue weighted by Gasteiger charge is -2.36. The molecular formula is C19H24BrN3O2S. The van der Waals surface area contributed by atoms with Crippen LogP contribution in [0.25, 0.3) is 10.2 Å². The Morgan fingerprint density at radius 2 is 2.15 bits per heavy atom. The number of aromatic nitrogens is 1. The monoisotopic (exact) mass is 437 g/mol. The Hall–Kier alpha value is -1.28. The van der Waals surface area contributed by atoms with Gasteiger partial charge in [-0.2, -0.15) is 0 Å². The van der Waals surface area contributed by atoms with Gasteiger partial charge in [-0.3, -0.25) is 19.1 Å². The molecule has 1 unspecified atom stereocenters. The fourth-order valence-electron chi connectivity index (χ4n) is 3.70. The quantitative estimate of drug-likeness (QED) is 0.492. The highest BCUT2D eigenvalue weighted by Crippen LogP contribution is 2.28. The number of carbonyl (C=O) groups excluding carboxylic acids is 1. The third-order valence-corrected chi connectivity index (χ3v) is 6.42. The summed E-state index contributed by atoms with van der Waals surface area (Å²) < 4.78 is 3.46. The molecule has 2 heterocycles. The maximum absolute atomic E-state index is 12.5. The van der Waals surface area contributed by atoms with Gasteiger partial charge in [0.1, 0.15) is 6.17 Å². The standard InChI is InChI=1S/C19H24BrN3O2S/c1-3-8-21(2)12-14-6-9-22(10-7-14)18(13-24)23-16-11-15(20)4-5-17(16)26-19(23)25/h3-5,11,13-14,18H,1,6-10,12H2,2H3. The smallest absolute Gasteiger partial charge is 0.302 e. The third-order valence-electron chi connectivity index (χ3n) is 4.99. The highest BCUT2D eigenvalue weighted by atomic mass is 79.9. The molecule has 0 radical (unpaired) electrons. The Kier molecular flexibility index (Phi) is 6.45. The minimum absolute atomic E-state index is 0.0805. The maximum Gasteiger partial charge on any atom is 0.309 e. The Balaban J connectivity index is 1.76. The second kappa shape index (κ2) is 8.61. The summed E-state index contributed by atoms with van der Waals surface area (Å²) in [5.74, 6) is 0.619. The number of likely N-dealkylation sites (N-methyl/N-ethyl adjacent to an activating group) is 1. The lowest BCUT2D eigenvalue weighted by Crippen LogP contribution is -2.43. The molecule has 1 aliphatic heterocycles. The number of thiazole rings is 1. The second-order valence-electron chi connectivity index (χ2n) is 6.89. The molecule has 2 aromatic rings. The average molecular weight is 438 g/mol. The van der Waals surface area contributed by atoms with E-state index in [1.807, 2.05) is 24.3 Å². The van der Waals surface area contributed by atoms with Crippen molar-refractivity contribution in [2.75, 3.05) is 33.2 Å². The molecule has 140 valence electrons. The van der Waals surface area contributed by atoms with E-state index in [1.54, 1.807) is 4.57 Å². The molecule has 1 atom stereocenters. The molecule has 0 saturated carbocycles. The van der Waals surface area contributed by atoms with Crippen molar-refractivity contribution in [2.24, 2.45) is 5.92 Å². The molecule has 0 aliphatic carbocycles. The number of rotatable bonds is 7. The number of carbonyl (C=O) groups is 1. The van der Waals surface area contributed by atoms with Gasteiger partial charge in [-0.15, -0.1) is 6.58 Å². The highest BCUT2D eigenvalue weighted by Gasteiger charge is 2.28. The molecule has 7 heteroatoms. The normalized spacial score (nSPS) is 17.7. The number of piperidine rings is 1. The summed E-state index contributed by atoms with van der Waals surface area (Å²) in [6.45, 7) is 7.37. The molecule has 1 saturated heterocycles. The third kappa shape index (κ3) is 4.17. The Morgan fingerprint density at radius 1 is 1.42 bits per heavy atom. The van der Waals surface area contributed by atoms with Crippen LogP contribution >= 0.6 is 27.3 Å². The van der Waals surface area contributed by atoms with Crippen LogP contribution in [0.2, 0.25) is 0 Å². The van der Waals surface area contributed by atoms with Crippen LogP contribution in [0.15, 0.2) is 40.1 Å². The van der Waals surface area contributed by atoms with Gasteiger partial charge < -0.3 is 4.90 Å². The van der Waals surface area contributed by atoms with E-state index >= 15 is 0 Å². The maximum atomic E-state index is 12.5. The molecule has 0 bridgehead atoms. The van der Waals surface area contributed by atoms with Crippen molar-refractivity contribution in [2.45, 2.75) is 19.0 Å². The summed E-state index contributed by atoms with van der Waals surface area (Å²) in [6.07, 6.45) is 4.36. The molecule has 0 N–H and O–H groups in total. The van der Waals surface area contributed by atoms with Crippen LogP contribution in [-0.4, -0.2) is 53.9 Å². The first-order chi connectivity index (χ1) is 12.5. The van der Waals surface area contributed by atoms with Crippen LogP contribution in [0.1, 0.15) is 19.0 Å². The summed E-state index contributed by atoms with van der Waals surface area (Å²) in [7, 11) is 2.11. The van der Waals surface area contributed by atoms with Gasteiger partial charge in [-0.25, -0.2) is 0 Å². The first-order valence-corrected chi connectivity index (χ1v) is 10.4. The molecule has 0 spiro atoms. The average Bonchev–Trinajstić information content (AvgIpc) is 2.93. The summed E-state index contributed by atoms with van der Waals surface area (Å²) in [6, 6.07) is 5.76. The Morgan fingerprint density at radius 3 is 2.81 bits per heavy atom. The Bertz CT molecular complexity index is 839. The largest absolute Gasteiger partial charge is 0.309 e. The van der Waals surface area contributed by atoms with Gasteiger partial charge in [0.2, 0.25) is 0 Å². The van der Waals surface area contributed by atoms with E-state index in [1.165, 1.54) is 11.3 Å². The van der Waals surface area contributed by atoms with Crippen molar-refractivity contribution in [3.05, 3.63) is 45.0 Å². The van der Waals surface area contributed by atoms with Crippen molar-refractivity contribution >= 4 is 43.8 Å². The predicted octanol–water partition coefficient (Wildman–Crippen LogP) is 3.35. The molecule has 1 aliphatic rings. The zero-order valence-electron chi connectivity index (χ0n) is 14.9. The summed E-state index contributed by atoms with van der Waals surface area (Å²) >= 11 is 4.66. The number of aldehydes is 1. The van der Waals surface area contributed by atoms with Crippen molar-refractivity contribution in [1.29, 1.82) is 0 Å². The van der Waals surface area contributed by atoms with E-state index in [-0.39, 0.29) is 4.87 Å². The van der Waals surface area contributed by atoms with Crippen LogP contribution < -0.4 is 4.87 Å². The zero-order chi connectivity index (χ0) is 18.7. The number of halogens is 1. The van der Waals surface area contributed by atoms with Gasteiger partial charge in [0.25, 0.3) is 0 Å². The highest BCUT2D eigenvalue weighted by molar-refractivity contribution is 9.10. The lowest BCUT2D eigenvalue weighted by molar-refractivity contribution is -0.116. The molecule has 26 heavy (non-hydrogen) atoms. The molecule has 1 aromatic heterocycles. The molecule has 0 amide bonds. The van der Waals surface area contributed by atoms with Gasteiger partial charge in [0.15, 0.2) is 6.29 Å². The summed E-state index contributed by atoms with van der Waals surface area (Å²) in [4.78, 5) is 28.8. The number of fused-ring (bicyclic) bond motifs is 1. The minimum Gasteiger partial charge on any atom is -0.302 e. The van der Waals surface area contributed by atoms with Crippen LogP contribution in [0.3, 0.4) is 0 Å². The van der Waals surface area contributed by atoms with E-state index in [0.29, 0.717) is 5.92 Å². The van der Waals surface area contributed by atoms with E-state index < -0.39 is 6.17 Å². The number of hydrogen-bond acceptors (Lipinski definition) is 5.